The number of carboxylic acids is 1. The summed E-state index contributed by atoms with van der Waals surface area (Å²) >= 11 is 11.9. The maximum absolute atomic E-state index is 12.2. The summed E-state index contributed by atoms with van der Waals surface area (Å²) in [7, 11) is 0. The van der Waals surface area contributed by atoms with Gasteiger partial charge in [-0.25, -0.2) is 0 Å². The summed E-state index contributed by atoms with van der Waals surface area (Å²) in [6.07, 6.45) is 1.51. The fourth-order valence-corrected chi connectivity index (χ4v) is 2.61. The van der Waals surface area contributed by atoms with Gasteiger partial charge in [0, 0.05) is 23.0 Å². The van der Waals surface area contributed by atoms with E-state index in [2.05, 4.69) is 10.6 Å². The second kappa shape index (κ2) is 10.9. The third kappa shape index (κ3) is 8.23. The summed E-state index contributed by atoms with van der Waals surface area (Å²) in [6, 6.07) is 3.89. The maximum atomic E-state index is 12.2. The first-order chi connectivity index (χ1) is 11.8. The zero-order valence-electron chi connectivity index (χ0n) is 14.0. The molecule has 3 N–H and O–H groups in total. The first-order valence-corrected chi connectivity index (χ1v) is 8.81. The molecule has 6 nitrogen and oxygen atoms in total. The maximum Gasteiger partial charge on any atom is 0.303 e. The van der Waals surface area contributed by atoms with Crippen LogP contribution in [0, 0.1) is 0 Å². The molecule has 1 aromatic rings. The predicted octanol–water partition coefficient (Wildman–Crippen LogP) is 2.80. The van der Waals surface area contributed by atoms with Crippen molar-refractivity contribution in [1.29, 1.82) is 0 Å². The number of carbonyl (C=O) groups excluding carboxylic acids is 2. The zero-order valence-corrected chi connectivity index (χ0v) is 15.5. The molecule has 0 unspecified atom stereocenters. The number of amides is 2. The highest BCUT2D eigenvalue weighted by molar-refractivity contribution is 6.35. The van der Waals surface area contributed by atoms with E-state index in [1.165, 1.54) is 6.07 Å². The molecule has 1 atom stereocenters. The molecule has 138 valence electrons. The lowest BCUT2D eigenvalue weighted by Gasteiger charge is -2.18. The van der Waals surface area contributed by atoms with Crippen LogP contribution in [0.5, 0.6) is 0 Å². The summed E-state index contributed by atoms with van der Waals surface area (Å²) in [5, 5.41) is 14.9. The SMILES string of the molecule is CCCCNC(=O)[C@H](CCC(=O)O)NC(=O)Cc1ccc(Cl)cc1Cl. The van der Waals surface area contributed by atoms with Gasteiger partial charge in [-0.2, -0.15) is 0 Å². The minimum atomic E-state index is -1.03. The number of hydrogen-bond acceptors (Lipinski definition) is 3. The van der Waals surface area contributed by atoms with E-state index in [4.69, 9.17) is 28.3 Å². The van der Waals surface area contributed by atoms with Crippen LogP contribution in [0.2, 0.25) is 10.0 Å². The summed E-state index contributed by atoms with van der Waals surface area (Å²) in [4.78, 5) is 35.1. The molecule has 0 aromatic heterocycles. The van der Waals surface area contributed by atoms with Gasteiger partial charge in [0.2, 0.25) is 11.8 Å². The average Bonchev–Trinajstić information content (AvgIpc) is 2.54. The third-order valence-electron chi connectivity index (χ3n) is 3.49. The Hall–Kier alpha value is -1.79. The van der Waals surface area contributed by atoms with Crippen molar-refractivity contribution in [3.8, 4) is 0 Å². The number of hydrogen-bond donors (Lipinski definition) is 3. The number of nitrogens with one attached hydrogen (secondary N) is 2. The topological polar surface area (TPSA) is 95.5 Å². The second-order valence-corrected chi connectivity index (χ2v) is 6.45. The van der Waals surface area contributed by atoms with E-state index in [9.17, 15) is 14.4 Å². The summed E-state index contributed by atoms with van der Waals surface area (Å²) in [5.41, 5.74) is 0.576. The number of carbonyl (C=O) groups is 3. The van der Waals surface area contributed by atoms with Crippen molar-refractivity contribution in [1.82, 2.24) is 10.6 Å². The standard InChI is InChI=1S/C17H22Cl2N2O4/c1-2-3-8-20-17(25)14(6-7-16(23)24)21-15(22)9-11-4-5-12(18)10-13(11)19/h4-5,10,14H,2-3,6-9H2,1H3,(H,20,25)(H,21,22)(H,23,24)/t14-/m0/s1. The van der Waals surface area contributed by atoms with Crippen LogP contribution in [-0.2, 0) is 20.8 Å². The number of carboxylic acid groups (broad SMARTS) is 1. The average molecular weight is 389 g/mol. The quantitative estimate of drug-likeness (QED) is 0.537. The van der Waals surface area contributed by atoms with Crippen LogP contribution in [0.4, 0.5) is 0 Å². The Morgan fingerprint density at radius 1 is 1.24 bits per heavy atom. The lowest BCUT2D eigenvalue weighted by Crippen LogP contribution is -2.47. The molecule has 2 amide bonds. The third-order valence-corrected chi connectivity index (χ3v) is 4.08. The Morgan fingerprint density at radius 2 is 1.96 bits per heavy atom. The molecule has 0 fully saturated rings. The van der Waals surface area contributed by atoms with Gasteiger partial charge in [0.15, 0.2) is 0 Å². The molecule has 1 aromatic carbocycles. The van der Waals surface area contributed by atoms with Crippen molar-refractivity contribution in [2.45, 2.75) is 45.1 Å². The van der Waals surface area contributed by atoms with Gasteiger partial charge < -0.3 is 15.7 Å². The van der Waals surface area contributed by atoms with Crippen LogP contribution in [0.25, 0.3) is 0 Å². The fourth-order valence-electron chi connectivity index (χ4n) is 2.13. The monoisotopic (exact) mass is 388 g/mol. The van der Waals surface area contributed by atoms with Gasteiger partial charge in [-0.15, -0.1) is 0 Å². The molecule has 0 radical (unpaired) electrons. The van der Waals surface area contributed by atoms with Crippen molar-refractivity contribution in [2.24, 2.45) is 0 Å². The van der Waals surface area contributed by atoms with Crippen molar-refractivity contribution in [3.05, 3.63) is 33.8 Å². The lowest BCUT2D eigenvalue weighted by atomic mass is 10.1. The largest absolute Gasteiger partial charge is 0.481 e. The molecule has 0 heterocycles. The molecule has 0 bridgehead atoms. The number of halogens is 2. The molecule has 0 saturated heterocycles. The smallest absolute Gasteiger partial charge is 0.303 e. The van der Waals surface area contributed by atoms with Crippen LogP contribution >= 0.6 is 23.2 Å². The van der Waals surface area contributed by atoms with Crippen LogP contribution in [0.15, 0.2) is 18.2 Å². The first kappa shape index (κ1) is 21.3. The van der Waals surface area contributed by atoms with Gasteiger partial charge in [0.25, 0.3) is 0 Å². The van der Waals surface area contributed by atoms with Crippen LogP contribution in [0.3, 0.4) is 0 Å². The molecule has 25 heavy (non-hydrogen) atoms. The van der Waals surface area contributed by atoms with Crippen LogP contribution in [0.1, 0.15) is 38.2 Å². The normalized spacial score (nSPS) is 11.6. The van der Waals surface area contributed by atoms with E-state index in [0.717, 1.165) is 12.8 Å². The van der Waals surface area contributed by atoms with Crippen molar-refractivity contribution in [2.75, 3.05) is 6.54 Å². The highest BCUT2D eigenvalue weighted by atomic mass is 35.5. The molecule has 0 aliphatic rings. The van der Waals surface area contributed by atoms with Gasteiger partial charge in [0.1, 0.15) is 6.04 Å². The minimum Gasteiger partial charge on any atom is -0.481 e. The van der Waals surface area contributed by atoms with Gasteiger partial charge in [0.05, 0.1) is 6.42 Å². The van der Waals surface area contributed by atoms with E-state index in [-0.39, 0.29) is 25.2 Å². The fraction of sp³-hybridized carbons (Fsp3) is 0.471. The summed E-state index contributed by atoms with van der Waals surface area (Å²) in [6.45, 7) is 2.48. The molecular weight excluding hydrogens is 367 g/mol. The summed E-state index contributed by atoms with van der Waals surface area (Å²) in [5.74, 6) is -1.82. The highest BCUT2D eigenvalue weighted by Gasteiger charge is 2.21. The molecule has 1 rings (SSSR count). The number of rotatable bonds is 10. The first-order valence-electron chi connectivity index (χ1n) is 8.06. The lowest BCUT2D eigenvalue weighted by molar-refractivity contribution is -0.138. The number of aliphatic carboxylic acids is 1. The van der Waals surface area contributed by atoms with E-state index in [0.29, 0.717) is 22.2 Å². The Labute approximate surface area is 156 Å². The Morgan fingerprint density at radius 3 is 2.56 bits per heavy atom. The van der Waals surface area contributed by atoms with E-state index in [1.807, 2.05) is 6.92 Å². The number of unbranched alkanes of at least 4 members (excludes halogenated alkanes) is 1. The molecule has 0 spiro atoms. The van der Waals surface area contributed by atoms with Gasteiger partial charge >= 0.3 is 5.97 Å². The Balaban J connectivity index is 2.68. The van der Waals surface area contributed by atoms with Gasteiger partial charge in [-0.1, -0.05) is 42.6 Å². The molecule has 8 heteroatoms. The molecule has 0 aliphatic heterocycles. The van der Waals surface area contributed by atoms with Crippen molar-refractivity contribution < 1.29 is 19.5 Å². The van der Waals surface area contributed by atoms with E-state index >= 15 is 0 Å². The molecular formula is C17H22Cl2N2O4. The van der Waals surface area contributed by atoms with Crippen molar-refractivity contribution in [3.63, 3.8) is 0 Å². The van der Waals surface area contributed by atoms with Crippen LogP contribution < -0.4 is 10.6 Å². The zero-order chi connectivity index (χ0) is 18.8. The van der Waals surface area contributed by atoms with Crippen molar-refractivity contribution >= 4 is 41.0 Å². The predicted molar refractivity (Wildman–Crippen MR) is 96.9 cm³/mol. The Bertz CT molecular complexity index is 623. The number of benzene rings is 1. The minimum absolute atomic E-state index is 0.0212. The molecule has 0 aliphatic carbocycles. The Kier molecular flexibility index (Phi) is 9.31. The van der Waals surface area contributed by atoms with Gasteiger partial charge in [-0.05, 0) is 30.5 Å². The van der Waals surface area contributed by atoms with E-state index in [1.54, 1.807) is 12.1 Å². The van der Waals surface area contributed by atoms with Gasteiger partial charge in [-0.3, -0.25) is 14.4 Å². The second-order valence-electron chi connectivity index (χ2n) is 5.61. The van der Waals surface area contributed by atoms with E-state index < -0.39 is 17.9 Å². The molecule has 0 saturated carbocycles. The van der Waals surface area contributed by atoms with Crippen LogP contribution in [-0.4, -0.2) is 35.5 Å². The summed E-state index contributed by atoms with van der Waals surface area (Å²) < 4.78 is 0. The highest BCUT2D eigenvalue weighted by Crippen LogP contribution is 2.21.